The first-order chi connectivity index (χ1) is 34.0. The fraction of sp³-hybridized carbons (Fsp3) is 0.458. The Morgan fingerprint density at radius 1 is 0.847 bits per heavy atom. The molecule has 0 spiro atoms. The summed E-state index contributed by atoms with van der Waals surface area (Å²) < 4.78 is 38.0. The van der Waals surface area contributed by atoms with Crippen molar-refractivity contribution >= 4 is 69.6 Å². The van der Waals surface area contributed by atoms with Crippen LogP contribution < -0.4 is 42.9 Å². The number of pyridine rings is 1. The van der Waals surface area contributed by atoms with Crippen molar-refractivity contribution in [3.63, 3.8) is 0 Å². The van der Waals surface area contributed by atoms with Crippen LogP contribution in [0.3, 0.4) is 0 Å². The normalized spacial score (nSPS) is 14.8. The Balaban J connectivity index is 1.39. The summed E-state index contributed by atoms with van der Waals surface area (Å²) in [4.78, 5) is 111. The monoisotopic (exact) mass is 1020 g/mol. The number of nitrogens with one attached hydrogen (secondary N) is 8. The first-order valence-corrected chi connectivity index (χ1v) is 24.8. The van der Waals surface area contributed by atoms with E-state index < -0.39 is 88.0 Å². The highest BCUT2D eigenvalue weighted by Gasteiger charge is 2.35. The Labute approximate surface area is 418 Å². The van der Waals surface area contributed by atoms with Crippen molar-refractivity contribution in [1.82, 2.24) is 47.3 Å². The number of likely N-dealkylation sites (tertiary alicyclic amines) is 1. The molecule has 1 aliphatic rings. The van der Waals surface area contributed by atoms with Gasteiger partial charge in [-0.15, -0.1) is 0 Å². The van der Waals surface area contributed by atoms with E-state index in [1.807, 2.05) is 44.2 Å². The first kappa shape index (κ1) is 57.1. The molecule has 8 amide bonds. The van der Waals surface area contributed by atoms with Crippen LogP contribution in [0.25, 0.3) is 0 Å². The summed E-state index contributed by atoms with van der Waals surface area (Å²) in [5.74, 6) is -4.51. The van der Waals surface area contributed by atoms with Gasteiger partial charge in [-0.05, 0) is 95.4 Å². The van der Waals surface area contributed by atoms with Crippen LogP contribution in [0.15, 0.2) is 82.9 Å². The fourth-order valence-corrected chi connectivity index (χ4v) is 8.03. The van der Waals surface area contributed by atoms with Gasteiger partial charge < -0.3 is 36.2 Å². The van der Waals surface area contributed by atoms with Gasteiger partial charge in [-0.1, -0.05) is 62.4 Å². The molecule has 0 bridgehead atoms. The number of hydrogen-bond donors (Lipinski definition) is 9. The minimum atomic E-state index is -4.50. The second kappa shape index (κ2) is 27.2. The molecule has 390 valence electrons. The highest BCUT2D eigenvalue weighted by molar-refractivity contribution is 7.86. The van der Waals surface area contributed by atoms with Crippen LogP contribution in [-0.2, 0) is 50.0 Å². The van der Waals surface area contributed by atoms with Gasteiger partial charge in [0.1, 0.15) is 40.5 Å². The minimum absolute atomic E-state index is 0.0270. The number of benzene rings is 2. The third-order valence-corrected chi connectivity index (χ3v) is 11.7. The Bertz CT molecular complexity index is 2520. The van der Waals surface area contributed by atoms with E-state index in [9.17, 15) is 51.3 Å². The molecular weight excluding hydrogens is 955 g/mol. The number of ether oxygens (including phenoxy) is 1. The van der Waals surface area contributed by atoms with Gasteiger partial charge in [-0.25, -0.2) is 9.78 Å². The fourth-order valence-electron chi connectivity index (χ4n) is 7.36. The molecule has 0 aliphatic carbocycles. The molecular formula is C48H65N11O12S. The molecule has 2 aromatic carbocycles. The van der Waals surface area contributed by atoms with Crippen LogP contribution in [0.2, 0.25) is 0 Å². The Hall–Kier alpha value is -7.47. The smallest absolute Gasteiger partial charge is 0.407 e. The number of amides is 8. The van der Waals surface area contributed by atoms with Gasteiger partial charge in [0, 0.05) is 31.8 Å². The van der Waals surface area contributed by atoms with E-state index in [0.29, 0.717) is 25.8 Å². The highest BCUT2D eigenvalue weighted by atomic mass is 32.2. The van der Waals surface area contributed by atoms with Gasteiger partial charge >= 0.3 is 6.09 Å². The molecule has 1 fully saturated rings. The van der Waals surface area contributed by atoms with E-state index in [4.69, 9.17) is 4.74 Å². The molecule has 72 heavy (non-hydrogen) atoms. The summed E-state index contributed by atoms with van der Waals surface area (Å²) in [6.07, 6.45) is 3.50. The molecule has 9 N–H and O–H groups in total. The molecule has 1 saturated heterocycles. The van der Waals surface area contributed by atoms with Crippen molar-refractivity contribution in [3.05, 3.63) is 89.6 Å². The maximum atomic E-state index is 14.0. The second-order valence-electron chi connectivity index (χ2n) is 18.3. The Kier molecular flexibility index (Phi) is 21.6. The number of carbonyl (C=O) groups is 8. The molecule has 1 aliphatic heterocycles. The van der Waals surface area contributed by atoms with E-state index in [1.165, 1.54) is 48.4 Å². The van der Waals surface area contributed by atoms with E-state index in [0.717, 1.165) is 11.8 Å². The number of aromatic nitrogens is 1. The van der Waals surface area contributed by atoms with Crippen LogP contribution in [0, 0.1) is 5.92 Å². The average molecular weight is 1020 g/mol. The SMILES string of the molecule is CC(=O)N1CCC[C@H]1C(=O)N[C@@H](CCCNC(=O)OC(C)(C)C)C(=O)NCC(=O)N[C@@H](CCc1ccccc1)C(=O)N[C@@H](CC(C)C)C(=O)NNC(=O)c1ccc(N/N=C/c2ccccc2S(=O)(=O)O)nc1. The summed E-state index contributed by atoms with van der Waals surface area (Å²) in [7, 11) is -4.50. The lowest BCUT2D eigenvalue weighted by Gasteiger charge is -2.26. The first-order valence-electron chi connectivity index (χ1n) is 23.4. The topological polar surface area (TPSA) is 325 Å². The molecule has 2 heterocycles. The summed E-state index contributed by atoms with van der Waals surface area (Å²) in [6.45, 7) is 10.0. The largest absolute Gasteiger partial charge is 0.444 e. The molecule has 0 unspecified atom stereocenters. The number of carbonyl (C=O) groups excluding carboxylic acids is 8. The minimum Gasteiger partial charge on any atom is -0.444 e. The second-order valence-corrected chi connectivity index (χ2v) is 19.7. The summed E-state index contributed by atoms with van der Waals surface area (Å²) in [5.41, 5.74) is 7.47. The number of aryl methyl sites for hydroxylation is 1. The van der Waals surface area contributed by atoms with Crippen molar-refractivity contribution in [3.8, 4) is 0 Å². The zero-order valence-electron chi connectivity index (χ0n) is 41.2. The standard InChI is InChI=1S/C48H65N11O12S/c1-30(2)26-37(45(65)58-57-42(62)34-21-23-40(50-27-34)56-52-28-33-16-10-11-19-39(33)72(68,69)70)55-44(64)36(22-20-32-14-8-7-9-15-32)53-41(61)29-51-43(63)35(17-12-24-49-47(67)71-48(4,5)6)54-46(66)38-18-13-25-59(38)31(3)60/h7-11,14-16,19,21,23,27-28,30,35-38H,12-13,17-18,20,22,24-26,29H2,1-6H3,(H,49,67)(H,50,56)(H,51,63)(H,53,61)(H,54,66)(H,55,64)(H,57,62)(H,58,65)(H,68,69,70)/b52-28+/t35-,36-,37-,38-/m0/s1. The predicted molar refractivity (Wildman–Crippen MR) is 264 cm³/mol. The van der Waals surface area contributed by atoms with Gasteiger partial charge in [-0.3, -0.25) is 54.4 Å². The van der Waals surface area contributed by atoms with Crippen molar-refractivity contribution in [1.29, 1.82) is 0 Å². The van der Waals surface area contributed by atoms with Gasteiger partial charge in [0.15, 0.2) is 0 Å². The van der Waals surface area contributed by atoms with E-state index >= 15 is 0 Å². The lowest BCUT2D eigenvalue weighted by molar-refractivity contribution is -0.138. The lowest BCUT2D eigenvalue weighted by Crippen LogP contribution is -2.57. The maximum absolute atomic E-state index is 14.0. The van der Waals surface area contributed by atoms with Crippen molar-refractivity contribution in [2.45, 2.75) is 121 Å². The summed E-state index contributed by atoms with van der Waals surface area (Å²) in [6, 6.07) is 13.2. The number of hydrazone groups is 1. The quantitative estimate of drug-likeness (QED) is 0.0285. The molecule has 3 aromatic rings. The summed E-state index contributed by atoms with van der Waals surface area (Å²) >= 11 is 0. The van der Waals surface area contributed by atoms with Crippen LogP contribution >= 0.6 is 0 Å². The average Bonchev–Trinajstić information content (AvgIpc) is 3.83. The number of hydrogen-bond acceptors (Lipinski definition) is 14. The van der Waals surface area contributed by atoms with Crippen molar-refractivity contribution in [2.75, 3.05) is 25.1 Å². The van der Waals surface area contributed by atoms with Crippen molar-refractivity contribution in [2.24, 2.45) is 11.0 Å². The van der Waals surface area contributed by atoms with Crippen molar-refractivity contribution < 1.29 is 56.1 Å². The van der Waals surface area contributed by atoms with Gasteiger partial charge in [0.2, 0.25) is 29.5 Å². The van der Waals surface area contributed by atoms with Gasteiger partial charge in [0.25, 0.3) is 21.9 Å². The predicted octanol–water partition coefficient (Wildman–Crippen LogP) is 2.10. The maximum Gasteiger partial charge on any atom is 0.407 e. The van der Waals surface area contributed by atoms with E-state index in [2.05, 4.69) is 52.9 Å². The molecule has 4 atom stereocenters. The van der Waals surface area contributed by atoms with Gasteiger partial charge in [-0.2, -0.15) is 13.5 Å². The number of hydrazine groups is 1. The van der Waals surface area contributed by atoms with Gasteiger partial charge in [0.05, 0.1) is 18.3 Å². The molecule has 23 nitrogen and oxygen atoms in total. The van der Waals surface area contributed by atoms with Crippen LogP contribution in [0.5, 0.6) is 0 Å². The Morgan fingerprint density at radius 3 is 2.19 bits per heavy atom. The zero-order chi connectivity index (χ0) is 53.0. The molecule has 24 heteroatoms. The number of anilines is 1. The van der Waals surface area contributed by atoms with Crippen LogP contribution in [0.4, 0.5) is 10.6 Å². The zero-order valence-corrected chi connectivity index (χ0v) is 42.0. The third-order valence-electron chi connectivity index (χ3n) is 10.8. The number of alkyl carbamates (subject to hydrolysis) is 1. The third kappa shape index (κ3) is 19.4. The molecule has 4 rings (SSSR count). The van der Waals surface area contributed by atoms with Crippen LogP contribution in [-0.4, -0.2) is 126 Å². The summed E-state index contributed by atoms with van der Waals surface area (Å²) in [5, 5.41) is 17.1. The molecule has 1 aromatic heterocycles. The highest BCUT2D eigenvalue weighted by Crippen LogP contribution is 2.18. The van der Waals surface area contributed by atoms with E-state index in [-0.39, 0.29) is 65.9 Å². The number of nitrogens with zero attached hydrogens (tertiary/aromatic N) is 3. The molecule has 0 radical (unpaired) electrons. The molecule has 0 saturated carbocycles. The Morgan fingerprint density at radius 2 is 1.54 bits per heavy atom. The van der Waals surface area contributed by atoms with Crippen LogP contribution in [0.1, 0.15) is 102 Å². The number of rotatable bonds is 23. The lowest BCUT2D eigenvalue weighted by atomic mass is 10.0. The van der Waals surface area contributed by atoms with E-state index in [1.54, 1.807) is 26.8 Å².